The Hall–Kier alpha value is -3.73. The van der Waals surface area contributed by atoms with Gasteiger partial charge in [-0.2, -0.15) is 10.4 Å². The van der Waals surface area contributed by atoms with Crippen LogP contribution in [0.15, 0.2) is 79.4 Å². The summed E-state index contributed by atoms with van der Waals surface area (Å²) < 4.78 is 1.93. The highest BCUT2D eigenvalue weighted by Crippen LogP contribution is 2.28. The minimum atomic E-state index is 0. The highest BCUT2D eigenvalue weighted by molar-refractivity contribution is 5.85. The van der Waals surface area contributed by atoms with E-state index in [9.17, 15) is 0 Å². The van der Waals surface area contributed by atoms with Gasteiger partial charge in [0.05, 0.1) is 24.4 Å². The van der Waals surface area contributed by atoms with Crippen molar-refractivity contribution < 1.29 is 0 Å². The predicted molar refractivity (Wildman–Crippen MR) is 135 cm³/mol. The fraction of sp³-hybridized carbons (Fsp3) is 0.231. The molecule has 0 amide bonds. The van der Waals surface area contributed by atoms with Crippen LogP contribution < -0.4 is 4.90 Å². The van der Waals surface area contributed by atoms with Crippen LogP contribution in [0.1, 0.15) is 11.1 Å². The van der Waals surface area contributed by atoms with Crippen molar-refractivity contribution in [2.24, 2.45) is 0 Å². The summed E-state index contributed by atoms with van der Waals surface area (Å²) in [5, 5.41) is 13.4. The monoisotopic (exact) mass is 471 g/mol. The van der Waals surface area contributed by atoms with Crippen molar-refractivity contribution in [1.29, 1.82) is 5.26 Å². The smallest absolute Gasteiger partial charge is 0.155 e. The van der Waals surface area contributed by atoms with Crippen LogP contribution in [0.5, 0.6) is 0 Å². The molecule has 0 radical (unpaired) electrons. The standard InChI is InChI=1S/C26H25N7.ClH/c27-11-10-21-6-8-23(9-7-21)25-26(29-13-12-28-25)32-16-14-31(15-17-32)19-22-18-30-33(20-22)24-4-2-1-3-5-24;/h1-9,12-13,18,20H,10,14-17,19H2;1H. The van der Waals surface area contributed by atoms with Gasteiger partial charge >= 0.3 is 0 Å². The molecular weight excluding hydrogens is 446 g/mol. The molecule has 8 heteroatoms. The number of halogens is 1. The molecule has 0 bridgehead atoms. The average Bonchev–Trinajstić information content (AvgIpc) is 3.34. The van der Waals surface area contributed by atoms with E-state index >= 15 is 0 Å². The third kappa shape index (κ3) is 5.25. The zero-order valence-electron chi connectivity index (χ0n) is 18.8. The summed E-state index contributed by atoms with van der Waals surface area (Å²) in [5.41, 5.74) is 5.21. The number of aromatic nitrogens is 4. The highest BCUT2D eigenvalue weighted by Gasteiger charge is 2.22. The second-order valence-corrected chi connectivity index (χ2v) is 8.15. The number of rotatable bonds is 6. The Balaban J connectivity index is 0.00000274. The number of para-hydroxylation sites is 1. The Labute approximate surface area is 205 Å². The van der Waals surface area contributed by atoms with Crippen molar-refractivity contribution in [1.82, 2.24) is 24.6 Å². The van der Waals surface area contributed by atoms with E-state index in [0.29, 0.717) is 6.42 Å². The van der Waals surface area contributed by atoms with Crippen LogP contribution in [0.3, 0.4) is 0 Å². The number of anilines is 1. The SMILES string of the molecule is Cl.N#CCc1ccc(-c2nccnc2N2CCN(Cc3cnn(-c4ccccc4)c3)CC2)cc1. The molecule has 1 saturated heterocycles. The molecule has 1 aliphatic rings. The van der Waals surface area contributed by atoms with Crippen LogP contribution in [-0.4, -0.2) is 50.8 Å². The summed E-state index contributed by atoms with van der Waals surface area (Å²) in [6.07, 6.45) is 7.98. The Morgan fingerprint density at radius 3 is 2.32 bits per heavy atom. The molecule has 7 nitrogen and oxygen atoms in total. The summed E-state index contributed by atoms with van der Waals surface area (Å²) in [4.78, 5) is 14.1. The van der Waals surface area contributed by atoms with Crippen molar-refractivity contribution in [2.75, 3.05) is 31.1 Å². The maximum atomic E-state index is 8.90. The first-order valence-corrected chi connectivity index (χ1v) is 11.1. The minimum absolute atomic E-state index is 0. The molecule has 2 aromatic carbocycles. The first-order valence-electron chi connectivity index (χ1n) is 11.1. The normalized spacial score (nSPS) is 13.8. The van der Waals surface area contributed by atoms with Gasteiger partial charge in [0.25, 0.3) is 0 Å². The van der Waals surface area contributed by atoms with Gasteiger partial charge in [-0.1, -0.05) is 42.5 Å². The van der Waals surface area contributed by atoms with Crippen molar-refractivity contribution in [3.05, 3.63) is 90.5 Å². The largest absolute Gasteiger partial charge is 0.352 e. The molecule has 1 fully saturated rings. The summed E-state index contributed by atoms with van der Waals surface area (Å²) >= 11 is 0. The van der Waals surface area contributed by atoms with Crippen molar-refractivity contribution in [3.8, 4) is 23.0 Å². The van der Waals surface area contributed by atoms with Gasteiger partial charge in [0.15, 0.2) is 5.82 Å². The molecular formula is C26H26ClN7. The van der Waals surface area contributed by atoms with Gasteiger partial charge < -0.3 is 4.90 Å². The Morgan fingerprint density at radius 2 is 1.59 bits per heavy atom. The summed E-state index contributed by atoms with van der Waals surface area (Å²) in [6, 6.07) is 20.4. The van der Waals surface area contributed by atoms with E-state index in [4.69, 9.17) is 5.26 Å². The molecule has 1 aliphatic heterocycles. The number of hydrogen-bond acceptors (Lipinski definition) is 6. The lowest BCUT2D eigenvalue weighted by Gasteiger charge is -2.35. The number of benzene rings is 2. The third-order valence-electron chi connectivity index (χ3n) is 5.92. The lowest BCUT2D eigenvalue weighted by Crippen LogP contribution is -2.46. The number of nitriles is 1. The third-order valence-corrected chi connectivity index (χ3v) is 5.92. The maximum Gasteiger partial charge on any atom is 0.155 e. The van der Waals surface area contributed by atoms with Crippen LogP contribution in [-0.2, 0) is 13.0 Å². The minimum Gasteiger partial charge on any atom is -0.352 e. The van der Waals surface area contributed by atoms with E-state index in [-0.39, 0.29) is 12.4 Å². The summed E-state index contributed by atoms with van der Waals surface area (Å²) in [5.74, 6) is 0.919. The predicted octanol–water partition coefficient (Wildman–Crippen LogP) is 4.14. The van der Waals surface area contributed by atoms with Crippen LogP contribution in [0.2, 0.25) is 0 Å². The van der Waals surface area contributed by atoms with Crippen LogP contribution in [0.25, 0.3) is 16.9 Å². The molecule has 0 unspecified atom stereocenters. The Bertz CT molecular complexity index is 1240. The van der Waals surface area contributed by atoms with Crippen molar-refractivity contribution in [2.45, 2.75) is 13.0 Å². The zero-order chi connectivity index (χ0) is 22.5. The van der Waals surface area contributed by atoms with Gasteiger partial charge in [-0.05, 0) is 17.7 Å². The molecule has 3 heterocycles. The van der Waals surface area contributed by atoms with Gasteiger partial charge in [0, 0.05) is 62.4 Å². The fourth-order valence-corrected chi connectivity index (χ4v) is 4.18. The van der Waals surface area contributed by atoms with E-state index in [0.717, 1.165) is 61.0 Å². The van der Waals surface area contributed by atoms with E-state index in [2.05, 4.69) is 49.3 Å². The second-order valence-electron chi connectivity index (χ2n) is 8.15. The second kappa shape index (κ2) is 10.9. The van der Waals surface area contributed by atoms with Crippen molar-refractivity contribution in [3.63, 3.8) is 0 Å². The molecule has 34 heavy (non-hydrogen) atoms. The molecule has 0 aliphatic carbocycles. The van der Waals surface area contributed by atoms with Gasteiger partial charge in [-0.25, -0.2) is 9.67 Å². The zero-order valence-corrected chi connectivity index (χ0v) is 19.6. The number of nitrogens with zero attached hydrogens (tertiary/aromatic N) is 7. The lowest BCUT2D eigenvalue weighted by atomic mass is 10.1. The topological polar surface area (TPSA) is 73.9 Å². The van der Waals surface area contributed by atoms with Gasteiger partial charge in [0.1, 0.15) is 5.69 Å². The molecule has 2 aromatic heterocycles. The molecule has 4 aromatic rings. The molecule has 172 valence electrons. The summed E-state index contributed by atoms with van der Waals surface area (Å²) in [7, 11) is 0. The highest BCUT2D eigenvalue weighted by atomic mass is 35.5. The lowest BCUT2D eigenvalue weighted by molar-refractivity contribution is 0.249. The number of piperazine rings is 1. The average molecular weight is 472 g/mol. The van der Waals surface area contributed by atoms with E-state index in [1.807, 2.05) is 53.3 Å². The fourth-order valence-electron chi connectivity index (χ4n) is 4.18. The first-order chi connectivity index (χ1) is 16.3. The Morgan fingerprint density at radius 1 is 0.853 bits per heavy atom. The van der Waals surface area contributed by atoms with Gasteiger partial charge in [-0.3, -0.25) is 9.88 Å². The quantitative estimate of drug-likeness (QED) is 0.421. The summed E-state index contributed by atoms with van der Waals surface area (Å²) in [6.45, 7) is 4.58. The van der Waals surface area contributed by atoms with Gasteiger partial charge in [-0.15, -0.1) is 12.4 Å². The Kier molecular flexibility index (Phi) is 7.53. The van der Waals surface area contributed by atoms with Crippen LogP contribution >= 0.6 is 12.4 Å². The van der Waals surface area contributed by atoms with Gasteiger partial charge in [0.2, 0.25) is 0 Å². The molecule has 5 rings (SSSR count). The molecule has 0 atom stereocenters. The first kappa shape index (κ1) is 23.4. The molecule has 0 saturated carbocycles. The van der Waals surface area contributed by atoms with E-state index < -0.39 is 0 Å². The molecule has 0 N–H and O–H groups in total. The van der Waals surface area contributed by atoms with Crippen LogP contribution in [0, 0.1) is 11.3 Å². The molecule has 0 spiro atoms. The maximum absolute atomic E-state index is 8.90. The number of hydrogen-bond donors (Lipinski definition) is 0. The van der Waals surface area contributed by atoms with Crippen LogP contribution in [0.4, 0.5) is 5.82 Å². The van der Waals surface area contributed by atoms with E-state index in [1.165, 1.54) is 5.56 Å². The van der Waals surface area contributed by atoms with Crippen molar-refractivity contribution >= 4 is 18.2 Å². The van der Waals surface area contributed by atoms with E-state index in [1.54, 1.807) is 12.4 Å².